The first-order valence-corrected chi connectivity index (χ1v) is 8.10. The summed E-state index contributed by atoms with van der Waals surface area (Å²) in [6.07, 6.45) is 2.04. The zero-order valence-electron chi connectivity index (χ0n) is 13.8. The molecular formula is C18H23N3O2. The number of nitrogens with one attached hydrogen (secondary N) is 2. The van der Waals surface area contributed by atoms with Crippen LogP contribution in [0.3, 0.4) is 0 Å². The fraction of sp³-hybridized carbons (Fsp3) is 0.444. The molecule has 2 amide bonds. The average molecular weight is 313 g/mol. The summed E-state index contributed by atoms with van der Waals surface area (Å²) >= 11 is 0. The Balaban J connectivity index is 1.61. The number of urea groups is 1. The standard InChI is InChI=1S/C18H23N3O2/c1-11-8-9-16(15-7-5-4-6-14(11)15)21-18(22)19-10-17-20-12(2)13(3)23-17/h4-7,11,16H,8-10H2,1-3H3,(H2,19,21,22)/t11-,16+/m1/s1. The molecule has 0 aliphatic heterocycles. The Hall–Kier alpha value is -2.30. The van der Waals surface area contributed by atoms with Crippen molar-refractivity contribution in [1.29, 1.82) is 0 Å². The fourth-order valence-corrected chi connectivity index (χ4v) is 3.13. The highest BCUT2D eigenvalue weighted by Crippen LogP contribution is 2.36. The van der Waals surface area contributed by atoms with E-state index in [0.717, 1.165) is 24.3 Å². The van der Waals surface area contributed by atoms with Crippen molar-refractivity contribution in [2.24, 2.45) is 0 Å². The van der Waals surface area contributed by atoms with Gasteiger partial charge in [-0.3, -0.25) is 0 Å². The van der Waals surface area contributed by atoms with Crippen LogP contribution in [-0.2, 0) is 6.54 Å². The molecule has 1 aliphatic rings. The van der Waals surface area contributed by atoms with E-state index in [-0.39, 0.29) is 12.1 Å². The SMILES string of the molecule is Cc1nc(CNC(=O)N[C@H]2CC[C@@H](C)c3ccccc32)oc1C. The topological polar surface area (TPSA) is 67.2 Å². The second kappa shape index (κ2) is 6.44. The largest absolute Gasteiger partial charge is 0.444 e. The molecule has 0 unspecified atom stereocenters. The Kier molecular flexibility index (Phi) is 4.37. The molecule has 2 N–H and O–H groups in total. The van der Waals surface area contributed by atoms with Crippen LogP contribution in [0.1, 0.15) is 60.2 Å². The molecule has 1 aliphatic carbocycles. The number of hydrogen-bond acceptors (Lipinski definition) is 3. The number of carbonyl (C=O) groups excluding carboxylic acids is 1. The third kappa shape index (κ3) is 3.38. The van der Waals surface area contributed by atoms with Crippen molar-refractivity contribution in [1.82, 2.24) is 15.6 Å². The Morgan fingerprint density at radius 2 is 2.00 bits per heavy atom. The number of fused-ring (bicyclic) bond motifs is 1. The minimum absolute atomic E-state index is 0.0652. The van der Waals surface area contributed by atoms with E-state index in [2.05, 4.69) is 40.7 Å². The lowest BCUT2D eigenvalue weighted by atomic mass is 9.81. The van der Waals surface area contributed by atoms with E-state index in [1.807, 2.05) is 19.9 Å². The highest BCUT2D eigenvalue weighted by molar-refractivity contribution is 5.74. The molecule has 0 spiro atoms. The predicted molar refractivity (Wildman–Crippen MR) is 88.2 cm³/mol. The third-order valence-electron chi connectivity index (χ3n) is 4.57. The molecule has 2 atom stereocenters. The fourth-order valence-electron chi connectivity index (χ4n) is 3.13. The van der Waals surface area contributed by atoms with Crippen molar-refractivity contribution in [2.75, 3.05) is 0 Å². The first-order chi connectivity index (χ1) is 11.0. The number of aryl methyl sites for hydroxylation is 2. The van der Waals surface area contributed by atoms with Gasteiger partial charge in [0.15, 0.2) is 0 Å². The first-order valence-electron chi connectivity index (χ1n) is 8.10. The molecule has 1 aromatic carbocycles. The molecule has 0 saturated carbocycles. The van der Waals surface area contributed by atoms with Gasteiger partial charge in [-0.2, -0.15) is 0 Å². The smallest absolute Gasteiger partial charge is 0.315 e. The van der Waals surface area contributed by atoms with Gasteiger partial charge >= 0.3 is 6.03 Å². The van der Waals surface area contributed by atoms with Crippen LogP contribution in [0.5, 0.6) is 0 Å². The van der Waals surface area contributed by atoms with E-state index in [9.17, 15) is 4.79 Å². The van der Waals surface area contributed by atoms with Crippen molar-refractivity contribution in [3.05, 3.63) is 52.7 Å². The maximum Gasteiger partial charge on any atom is 0.315 e. The molecular weight excluding hydrogens is 290 g/mol. The van der Waals surface area contributed by atoms with Gasteiger partial charge in [-0.05, 0) is 43.7 Å². The van der Waals surface area contributed by atoms with Crippen LogP contribution < -0.4 is 10.6 Å². The van der Waals surface area contributed by atoms with E-state index in [1.54, 1.807) is 0 Å². The lowest BCUT2D eigenvalue weighted by Crippen LogP contribution is -2.39. The van der Waals surface area contributed by atoms with Gasteiger partial charge in [-0.1, -0.05) is 31.2 Å². The molecule has 2 aromatic rings. The van der Waals surface area contributed by atoms with Crippen LogP contribution in [0.15, 0.2) is 28.7 Å². The van der Waals surface area contributed by atoms with Gasteiger partial charge in [0.05, 0.1) is 18.3 Å². The lowest BCUT2D eigenvalue weighted by Gasteiger charge is -2.30. The summed E-state index contributed by atoms with van der Waals surface area (Å²) in [7, 11) is 0. The summed E-state index contributed by atoms with van der Waals surface area (Å²) in [5.41, 5.74) is 3.42. The highest BCUT2D eigenvalue weighted by atomic mass is 16.4. The van der Waals surface area contributed by atoms with Crippen LogP contribution >= 0.6 is 0 Å². The van der Waals surface area contributed by atoms with Crippen LogP contribution in [-0.4, -0.2) is 11.0 Å². The van der Waals surface area contributed by atoms with Crippen LogP contribution in [0, 0.1) is 13.8 Å². The average Bonchev–Trinajstić information content (AvgIpc) is 2.87. The summed E-state index contributed by atoms with van der Waals surface area (Å²) in [4.78, 5) is 16.4. The minimum atomic E-state index is -0.187. The first kappa shape index (κ1) is 15.6. The van der Waals surface area contributed by atoms with Crippen LogP contribution in [0.2, 0.25) is 0 Å². The number of benzene rings is 1. The van der Waals surface area contributed by atoms with E-state index in [0.29, 0.717) is 18.4 Å². The number of oxazole rings is 1. The number of carbonyl (C=O) groups is 1. The van der Waals surface area contributed by atoms with Crippen molar-refractivity contribution in [3.63, 3.8) is 0 Å². The molecule has 122 valence electrons. The highest BCUT2D eigenvalue weighted by Gasteiger charge is 2.25. The van der Waals surface area contributed by atoms with Crippen molar-refractivity contribution < 1.29 is 9.21 Å². The summed E-state index contributed by atoms with van der Waals surface area (Å²) in [6.45, 7) is 6.29. The van der Waals surface area contributed by atoms with Gasteiger partial charge in [0.1, 0.15) is 5.76 Å². The molecule has 5 heteroatoms. The summed E-state index contributed by atoms with van der Waals surface area (Å²) in [6, 6.07) is 8.23. The molecule has 0 bridgehead atoms. The Bertz CT molecular complexity index is 689. The van der Waals surface area contributed by atoms with Gasteiger partial charge in [0.2, 0.25) is 5.89 Å². The summed E-state index contributed by atoms with van der Waals surface area (Å²) in [5.74, 6) is 1.87. The number of rotatable bonds is 3. The maximum absolute atomic E-state index is 12.2. The molecule has 0 fully saturated rings. The Labute approximate surface area is 136 Å². The van der Waals surface area contributed by atoms with E-state index in [1.165, 1.54) is 11.1 Å². The van der Waals surface area contributed by atoms with Crippen molar-refractivity contribution in [3.8, 4) is 0 Å². The zero-order valence-corrected chi connectivity index (χ0v) is 13.8. The number of hydrogen-bond donors (Lipinski definition) is 2. The van der Waals surface area contributed by atoms with Gasteiger partial charge in [-0.25, -0.2) is 9.78 Å². The molecule has 1 aromatic heterocycles. The summed E-state index contributed by atoms with van der Waals surface area (Å²) < 4.78 is 5.47. The third-order valence-corrected chi connectivity index (χ3v) is 4.57. The van der Waals surface area contributed by atoms with Gasteiger partial charge < -0.3 is 15.1 Å². The molecule has 5 nitrogen and oxygen atoms in total. The van der Waals surface area contributed by atoms with Gasteiger partial charge in [-0.15, -0.1) is 0 Å². The van der Waals surface area contributed by atoms with Crippen molar-refractivity contribution >= 4 is 6.03 Å². The van der Waals surface area contributed by atoms with Crippen molar-refractivity contribution in [2.45, 2.75) is 52.1 Å². The Morgan fingerprint density at radius 1 is 1.26 bits per heavy atom. The zero-order chi connectivity index (χ0) is 16.4. The quantitative estimate of drug-likeness (QED) is 0.907. The second-order valence-corrected chi connectivity index (χ2v) is 6.24. The van der Waals surface area contributed by atoms with Gasteiger partial charge in [0, 0.05) is 0 Å². The number of amides is 2. The minimum Gasteiger partial charge on any atom is -0.444 e. The van der Waals surface area contributed by atoms with Crippen LogP contribution in [0.4, 0.5) is 4.79 Å². The normalized spacial score (nSPS) is 20.0. The molecule has 3 rings (SSSR count). The lowest BCUT2D eigenvalue weighted by molar-refractivity contribution is 0.233. The van der Waals surface area contributed by atoms with E-state index < -0.39 is 0 Å². The second-order valence-electron chi connectivity index (χ2n) is 6.24. The molecule has 1 heterocycles. The number of nitrogens with zero attached hydrogens (tertiary/aromatic N) is 1. The molecule has 0 saturated heterocycles. The predicted octanol–water partition coefficient (Wildman–Crippen LogP) is 3.73. The van der Waals surface area contributed by atoms with E-state index in [4.69, 9.17) is 4.42 Å². The monoisotopic (exact) mass is 313 g/mol. The summed E-state index contributed by atoms with van der Waals surface area (Å²) in [5, 5.41) is 5.89. The van der Waals surface area contributed by atoms with Crippen LogP contribution in [0.25, 0.3) is 0 Å². The number of aromatic nitrogens is 1. The molecule has 23 heavy (non-hydrogen) atoms. The molecule has 0 radical (unpaired) electrons. The maximum atomic E-state index is 12.2. The van der Waals surface area contributed by atoms with E-state index >= 15 is 0 Å². The van der Waals surface area contributed by atoms with Gasteiger partial charge in [0.25, 0.3) is 0 Å². The Morgan fingerprint density at radius 3 is 2.70 bits per heavy atom.